The topological polar surface area (TPSA) is 93.2 Å². The van der Waals surface area contributed by atoms with Crippen LogP contribution in [0.25, 0.3) is 0 Å². The van der Waals surface area contributed by atoms with Crippen molar-refractivity contribution in [3.05, 3.63) is 34.9 Å². The van der Waals surface area contributed by atoms with Gasteiger partial charge in [-0.3, -0.25) is 4.72 Å². The summed E-state index contributed by atoms with van der Waals surface area (Å²) in [5.41, 5.74) is 0.259. The molecular weight excluding hydrogens is 356 g/mol. The van der Waals surface area contributed by atoms with Gasteiger partial charge in [0.1, 0.15) is 0 Å². The van der Waals surface area contributed by atoms with E-state index in [0.717, 1.165) is 17.5 Å². The Labute approximate surface area is 131 Å². The van der Waals surface area contributed by atoms with Crippen LogP contribution < -0.4 is 4.72 Å². The van der Waals surface area contributed by atoms with Gasteiger partial charge in [0, 0.05) is 5.69 Å². The summed E-state index contributed by atoms with van der Waals surface area (Å²) in [4.78, 5) is 3.81. The summed E-state index contributed by atoms with van der Waals surface area (Å²) >= 11 is 6.44. The zero-order chi connectivity index (χ0) is 15.7. The number of nitrogens with one attached hydrogen (secondary N) is 1. The van der Waals surface area contributed by atoms with Gasteiger partial charge in [-0.1, -0.05) is 29.9 Å². The molecule has 0 aliphatic rings. The summed E-state index contributed by atoms with van der Waals surface area (Å²) in [5, 5.41) is 0. The number of sulfonamides is 1. The molecule has 21 heavy (non-hydrogen) atoms. The van der Waals surface area contributed by atoms with E-state index in [1.165, 1.54) is 24.3 Å². The van der Waals surface area contributed by atoms with Crippen LogP contribution in [0.1, 0.15) is 6.92 Å². The SMILES string of the molecule is CCS(=O)(=O)c1ccc(NS(=O)(=O)c2cnc(Cl)s2)cc1. The number of anilines is 1. The van der Waals surface area contributed by atoms with E-state index in [2.05, 4.69) is 9.71 Å². The Hall–Kier alpha value is -1.16. The fourth-order valence-corrected chi connectivity index (χ4v) is 4.70. The summed E-state index contributed by atoms with van der Waals surface area (Å²) in [7, 11) is -7.08. The largest absolute Gasteiger partial charge is 0.279 e. The summed E-state index contributed by atoms with van der Waals surface area (Å²) in [6.45, 7) is 1.54. The maximum atomic E-state index is 12.0. The molecule has 0 saturated carbocycles. The number of thiazole rings is 1. The third-order valence-electron chi connectivity index (χ3n) is 2.57. The zero-order valence-corrected chi connectivity index (χ0v) is 14.0. The minimum absolute atomic E-state index is 0.0160. The molecule has 1 aromatic carbocycles. The predicted molar refractivity (Wildman–Crippen MR) is 82.1 cm³/mol. The Bertz CT molecular complexity index is 842. The molecular formula is C11H11ClN2O4S3. The van der Waals surface area contributed by atoms with Crippen molar-refractivity contribution in [2.45, 2.75) is 16.0 Å². The van der Waals surface area contributed by atoms with E-state index in [9.17, 15) is 16.8 Å². The van der Waals surface area contributed by atoms with Gasteiger partial charge in [0.25, 0.3) is 10.0 Å². The number of sulfone groups is 1. The third-order valence-corrected chi connectivity index (χ3v) is 7.27. The molecule has 1 heterocycles. The zero-order valence-electron chi connectivity index (χ0n) is 10.8. The van der Waals surface area contributed by atoms with Crippen molar-refractivity contribution in [1.82, 2.24) is 4.98 Å². The molecule has 0 spiro atoms. The highest BCUT2D eigenvalue weighted by atomic mass is 35.5. The molecule has 0 atom stereocenters. The van der Waals surface area contributed by atoms with Gasteiger partial charge in [-0.05, 0) is 24.3 Å². The molecule has 10 heteroatoms. The number of benzene rings is 1. The second kappa shape index (κ2) is 5.91. The maximum Gasteiger partial charge on any atom is 0.273 e. The van der Waals surface area contributed by atoms with Crippen LogP contribution in [0.5, 0.6) is 0 Å². The fraction of sp³-hybridized carbons (Fsp3) is 0.182. The molecule has 1 N–H and O–H groups in total. The van der Waals surface area contributed by atoms with Crippen molar-refractivity contribution in [3.63, 3.8) is 0 Å². The van der Waals surface area contributed by atoms with Crippen LogP contribution in [-0.2, 0) is 19.9 Å². The van der Waals surface area contributed by atoms with E-state index in [4.69, 9.17) is 11.6 Å². The molecule has 0 amide bonds. The van der Waals surface area contributed by atoms with Gasteiger partial charge in [-0.25, -0.2) is 21.8 Å². The lowest BCUT2D eigenvalue weighted by atomic mass is 10.3. The molecule has 0 fully saturated rings. The van der Waals surface area contributed by atoms with Crippen LogP contribution in [0.4, 0.5) is 5.69 Å². The van der Waals surface area contributed by atoms with Crippen LogP contribution >= 0.6 is 22.9 Å². The average molecular weight is 367 g/mol. The molecule has 0 bridgehead atoms. The molecule has 0 aliphatic heterocycles. The highest BCUT2D eigenvalue weighted by molar-refractivity contribution is 7.94. The van der Waals surface area contributed by atoms with Gasteiger partial charge in [0.2, 0.25) is 0 Å². The summed E-state index contributed by atoms with van der Waals surface area (Å²) in [6.07, 6.45) is 1.16. The quantitative estimate of drug-likeness (QED) is 0.876. The number of hydrogen-bond acceptors (Lipinski definition) is 6. The lowest BCUT2D eigenvalue weighted by Crippen LogP contribution is -2.11. The van der Waals surface area contributed by atoms with Crippen molar-refractivity contribution in [2.75, 3.05) is 10.5 Å². The van der Waals surface area contributed by atoms with Crippen LogP contribution in [0, 0.1) is 0 Å². The molecule has 0 saturated heterocycles. The van der Waals surface area contributed by atoms with Crippen molar-refractivity contribution in [1.29, 1.82) is 0 Å². The monoisotopic (exact) mass is 366 g/mol. The van der Waals surface area contributed by atoms with Crippen molar-refractivity contribution < 1.29 is 16.8 Å². The first kappa shape index (κ1) is 16.2. The first-order valence-electron chi connectivity index (χ1n) is 5.71. The number of rotatable bonds is 5. The van der Waals surface area contributed by atoms with Crippen molar-refractivity contribution >= 4 is 48.5 Å². The number of aromatic nitrogens is 1. The third kappa shape index (κ3) is 3.73. The maximum absolute atomic E-state index is 12.0. The van der Waals surface area contributed by atoms with E-state index in [1.54, 1.807) is 6.92 Å². The minimum atomic E-state index is -3.77. The molecule has 2 aromatic rings. The number of nitrogens with zero attached hydrogens (tertiary/aromatic N) is 1. The smallest absolute Gasteiger partial charge is 0.273 e. The normalized spacial score (nSPS) is 12.3. The van der Waals surface area contributed by atoms with Crippen LogP contribution in [-0.4, -0.2) is 27.6 Å². The molecule has 0 radical (unpaired) electrons. The molecule has 114 valence electrons. The Balaban J connectivity index is 2.25. The van der Waals surface area contributed by atoms with E-state index < -0.39 is 19.9 Å². The van der Waals surface area contributed by atoms with Crippen molar-refractivity contribution in [3.8, 4) is 0 Å². The Kier molecular flexibility index (Phi) is 4.57. The second-order valence-corrected chi connectivity index (χ2v) is 9.77. The van der Waals surface area contributed by atoms with Gasteiger partial charge >= 0.3 is 0 Å². The first-order valence-corrected chi connectivity index (χ1v) is 10.0. The summed E-state index contributed by atoms with van der Waals surface area (Å²) in [6, 6.07) is 5.50. The molecule has 0 aliphatic carbocycles. The van der Waals surface area contributed by atoms with E-state index in [-0.39, 0.29) is 25.0 Å². The predicted octanol–water partition coefficient (Wildman–Crippen LogP) is 2.39. The average Bonchev–Trinajstić information content (AvgIpc) is 2.86. The van der Waals surface area contributed by atoms with Gasteiger partial charge in [0.05, 0.1) is 16.8 Å². The highest BCUT2D eigenvalue weighted by Gasteiger charge is 2.18. The lowest BCUT2D eigenvalue weighted by molar-refractivity contribution is 0.597. The first-order chi connectivity index (χ1) is 9.74. The molecule has 0 unspecified atom stereocenters. The standard InChI is InChI=1S/C11H11ClN2O4S3/c1-2-20(15,16)9-5-3-8(4-6-9)14-21(17,18)10-7-13-11(12)19-10/h3-7,14H,2H2,1H3. The van der Waals surface area contributed by atoms with Gasteiger partial charge in [-0.2, -0.15) is 0 Å². The Morgan fingerprint density at radius 2 is 1.81 bits per heavy atom. The number of hydrogen-bond donors (Lipinski definition) is 1. The summed E-state index contributed by atoms with van der Waals surface area (Å²) in [5.74, 6) is -0.0164. The molecule has 2 rings (SSSR count). The van der Waals surface area contributed by atoms with E-state index in [1.807, 2.05) is 0 Å². The lowest BCUT2D eigenvalue weighted by Gasteiger charge is -2.07. The van der Waals surface area contributed by atoms with Crippen LogP contribution in [0.3, 0.4) is 0 Å². The van der Waals surface area contributed by atoms with Crippen LogP contribution in [0.2, 0.25) is 4.47 Å². The van der Waals surface area contributed by atoms with E-state index in [0.29, 0.717) is 0 Å². The highest BCUT2D eigenvalue weighted by Crippen LogP contribution is 2.25. The Morgan fingerprint density at radius 1 is 1.19 bits per heavy atom. The fourth-order valence-electron chi connectivity index (χ4n) is 1.47. The Morgan fingerprint density at radius 3 is 2.29 bits per heavy atom. The van der Waals surface area contributed by atoms with Gasteiger partial charge in [-0.15, -0.1) is 0 Å². The van der Waals surface area contributed by atoms with Crippen molar-refractivity contribution in [2.24, 2.45) is 0 Å². The van der Waals surface area contributed by atoms with E-state index >= 15 is 0 Å². The van der Waals surface area contributed by atoms with Gasteiger partial charge in [0.15, 0.2) is 18.5 Å². The molecule has 6 nitrogen and oxygen atoms in total. The minimum Gasteiger partial charge on any atom is -0.279 e. The van der Waals surface area contributed by atoms with Gasteiger partial charge < -0.3 is 0 Å². The number of halogens is 1. The second-order valence-electron chi connectivity index (χ2n) is 3.97. The van der Waals surface area contributed by atoms with Crippen LogP contribution in [0.15, 0.2) is 39.6 Å². The molecule has 1 aromatic heterocycles. The summed E-state index contributed by atoms with van der Waals surface area (Å²) < 4.78 is 49.8.